The molecule has 3 N–H and O–H groups in total. The zero-order valence-electron chi connectivity index (χ0n) is 19.6. The predicted octanol–water partition coefficient (Wildman–Crippen LogP) is 1.64. The summed E-state index contributed by atoms with van der Waals surface area (Å²) in [5.74, 6) is -1.09. The number of aromatic carboxylic acids is 1. The van der Waals surface area contributed by atoms with Crippen molar-refractivity contribution < 1.29 is 38.8 Å². The molecule has 0 radical (unpaired) electrons. The first-order valence-corrected chi connectivity index (χ1v) is 11.2. The highest BCUT2D eigenvalue weighted by Crippen LogP contribution is 2.37. The maximum Gasteiger partial charge on any atom is 0.356 e. The Bertz CT molecular complexity index is 1430. The van der Waals surface area contributed by atoms with Gasteiger partial charge in [-0.25, -0.2) is 14.3 Å². The van der Waals surface area contributed by atoms with Gasteiger partial charge in [-0.2, -0.15) is 5.10 Å². The number of hydrogen-bond acceptors (Lipinski definition) is 9. The maximum absolute atomic E-state index is 12.8. The van der Waals surface area contributed by atoms with E-state index in [1.54, 1.807) is 42.5 Å². The Morgan fingerprint density at radius 2 is 1.86 bits per heavy atom. The molecular formula is C25H22N4O8. The second kappa shape index (κ2) is 9.66. The minimum absolute atomic E-state index is 0.0244. The van der Waals surface area contributed by atoms with Crippen molar-refractivity contribution in [3.63, 3.8) is 0 Å². The third-order valence-electron chi connectivity index (χ3n) is 5.93. The van der Waals surface area contributed by atoms with Gasteiger partial charge in [-0.1, -0.05) is 0 Å². The zero-order valence-corrected chi connectivity index (χ0v) is 19.6. The Morgan fingerprint density at radius 1 is 1.11 bits per heavy atom. The van der Waals surface area contributed by atoms with E-state index >= 15 is 0 Å². The average Bonchev–Trinajstić information content (AvgIpc) is 3.63. The summed E-state index contributed by atoms with van der Waals surface area (Å²) in [6.45, 7) is -0.0226. The molecule has 2 aliphatic heterocycles. The summed E-state index contributed by atoms with van der Waals surface area (Å²) >= 11 is 0. The summed E-state index contributed by atoms with van der Waals surface area (Å²) in [7, 11) is 1.23. The number of nitrogens with one attached hydrogen (secondary N) is 1. The average molecular weight is 506 g/mol. The number of benzene rings is 2. The first-order chi connectivity index (χ1) is 17.9. The molecule has 3 aromatic rings. The highest BCUT2D eigenvalue weighted by atomic mass is 16.7. The molecule has 1 aromatic heterocycles. The summed E-state index contributed by atoms with van der Waals surface area (Å²) in [5.41, 5.74) is 2.37. The summed E-state index contributed by atoms with van der Waals surface area (Å²) in [5, 5.41) is 26.0. The van der Waals surface area contributed by atoms with Crippen molar-refractivity contribution in [3.8, 4) is 28.4 Å². The van der Waals surface area contributed by atoms with Gasteiger partial charge in [0.2, 0.25) is 6.79 Å². The van der Waals surface area contributed by atoms with Gasteiger partial charge in [0.1, 0.15) is 5.70 Å². The number of β-amino-alcohol motifs (C(OH)–C–C–N with tert-alkyl or cyclic N) is 1. The van der Waals surface area contributed by atoms with Gasteiger partial charge < -0.3 is 34.6 Å². The van der Waals surface area contributed by atoms with E-state index in [9.17, 15) is 24.6 Å². The molecule has 2 aliphatic rings. The predicted molar refractivity (Wildman–Crippen MR) is 128 cm³/mol. The fourth-order valence-corrected chi connectivity index (χ4v) is 4.12. The smallest absolute Gasteiger partial charge is 0.356 e. The van der Waals surface area contributed by atoms with Crippen molar-refractivity contribution in [1.29, 1.82) is 0 Å². The highest BCUT2D eigenvalue weighted by Gasteiger charge is 2.34. The highest BCUT2D eigenvalue weighted by molar-refractivity contribution is 6.08. The van der Waals surface area contributed by atoms with Crippen molar-refractivity contribution in [2.75, 3.05) is 38.9 Å². The van der Waals surface area contributed by atoms with E-state index in [4.69, 9.17) is 14.2 Å². The monoisotopic (exact) mass is 506 g/mol. The molecule has 0 bridgehead atoms. The number of anilines is 1. The molecule has 0 aliphatic carbocycles. The van der Waals surface area contributed by atoms with Gasteiger partial charge in [-0.15, -0.1) is 0 Å². The van der Waals surface area contributed by atoms with E-state index in [1.807, 2.05) is 0 Å². The molecular weight excluding hydrogens is 484 g/mol. The van der Waals surface area contributed by atoms with Crippen molar-refractivity contribution in [3.05, 3.63) is 65.5 Å². The second-order valence-corrected chi connectivity index (χ2v) is 8.17. The fourth-order valence-electron chi connectivity index (χ4n) is 4.12. The quantitative estimate of drug-likeness (QED) is 0.384. The van der Waals surface area contributed by atoms with Crippen LogP contribution in [0.15, 0.2) is 59.8 Å². The number of carboxylic acids is 1. The lowest BCUT2D eigenvalue weighted by molar-refractivity contribution is -0.136. The Labute approximate surface area is 210 Å². The number of nitrogens with zero attached hydrogens (tertiary/aromatic N) is 3. The molecule has 37 heavy (non-hydrogen) atoms. The summed E-state index contributed by atoms with van der Waals surface area (Å²) < 4.78 is 17.1. The maximum atomic E-state index is 12.8. The van der Waals surface area contributed by atoms with Crippen LogP contribution in [-0.4, -0.2) is 76.3 Å². The van der Waals surface area contributed by atoms with Crippen LogP contribution >= 0.6 is 0 Å². The van der Waals surface area contributed by atoms with E-state index < -0.39 is 17.8 Å². The van der Waals surface area contributed by atoms with Crippen LogP contribution in [0.25, 0.3) is 16.9 Å². The van der Waals surface area contributed by atoms with Crippen molar-refractivity contribution in [2.24, 2.45) is 0 Å². The molecule has 0 fully saturated rings. The largest absolute Gasteiger partial charge is 0.476 e. The Balaban J connectivity index is 1.46. The normalized spacial score (nSPS) is 14.3. The van der Waals surface area contributed by atoms with Crippen molar-refractivity contribution in [1.82, 2.24) is 14.7 Å². The number of carbonyl (C=O) groups excluding carboxylic acids is 2. The molecule has 12 heteroatoms. The topological polar surface area (TPSA) is 152 Å². The van der Waals surface area contributed by atoms with Gasteiger partial charge in [0.05, 0.1) is 37.2 Å². The Kier molecular flexibility index (Phi) is 6.24. The second-order valence-electron chi connectivity index (χ2n) is 8.17. The van der Waals surface area contributed by atoms with Crippen LogP contribution < -0.4 is 14.8 Å². The van der Waals surface area contributed by atoms with Gasteiger partial charge in [0, 0.05) is 17.8 Å². The minimum Gasteiger partial charge on any atom is -0.476 e. The molecule has 3 heterocycles. The van der Waals surface area contributed by atoms with E-state index in [0.29, 0.717) is 34.1 Å². The number of aliphatic hydroxyl groups is 1. The molecule has 0 unspecified atom stereocenters. The Morgan fingerprint density at radius 3 is 2.57 bits per heavy atom. The minimum atomic E-state index is -1.17. The van der Waals surface area contributed by atoms with Crippen LogP contribution in [-0.2, 0) is 14.3 Å². The number of hydrogen-bond donors (Lipinski definition) is 3. The molecule has 5 rings (SSSR count). The Hall–Kier alpha value is -4.84. The SMILES string of the molecule is COC(=O)C1=C(Nc2ccc(-n3nc(C(=O)O)cc3-c3ccc4c(c3)OCO4)cc2)C(=O)N(CCO)C1. The van der Waals surface area contributed by atoms with Gasteiger partial charge in [0.25, 0.3) is 5.91 Å². The third kappa shape index (κ3) is 4.45. The van der Waals surface area contributed by atoms with Crippen LogP contribution in [0.2, 0.25) is 0 Å². The third-order valence-corrected chi connectivity index (χ3v) is 5.93. The standard InChI is InChI=1S/C25H22N4O8/c1-35-25(34)17-12-28(8-9-30)23(31)22(17)26-15-3-5-16(6-4-15)29-19(11-18(27-29)24(32)33)14-2-7-20-21(10-14)37-13-36-20/h2-7,10-11,26,30H,8-9,12-13H2,1H3,(H,32,33). The number of aromatic nitrogens is 2. The zero-order chi connectivity index (χ0) is 26.1. The van der Waals surface area contributed by atoms with Crippen molar-refractivity contribution in [2.45, 2.75) is 0 Å². The number of esters is 1. The lowest BCUT2D eigenvalue weighted by Crippen LogP contribution is -2.31. The molecule has 0 spiro atoms. The number of carbonyl (C=O) groups is 3. The molecule has 1 amide bonds. The molecule has 0 atom stereocenters. The van der Waals surface area contributed by atoms with Crippen LogP contribution in [0.1, 0.15) is 10.5 Å². The van der Waals surface area contributed by atoms with Crippen LogP contribution in [0, 0.1) is 0 Å². The molecule has 2 aromatic carbocycles. The number of carboxylic acid groups (broad SMARTS) is 1. The summed E-state index contributed by atoms with van der Waals surface area (Å²) in [4.78, 5) is 38.0. The van der Waals surface area contributed by atoms with Crippen molar-refractivity contribution >= 4 is 23.5 Å². The van der Waals surface area contributed by atoms with E-state index in [0.717, 1.165) is 0 Å². The van der Waals surface area contributed by atoms with E-state index in [-0.39, 0.29) is 43.5 Å². The number of ether oxygens (including phenoxy) is 3. The summed E-state index contributed by atoms with van der Waals surface area (Å²) in [6.07, 6.45) is 0. The number of rotatable bonds is 8. The van der Waals surface area contributed by atoms with E-state index in [1.165, 1.54) is 22.8 Å². The van der Waals surface area contributed by atoms with Crippen LogP contribution in [0.3, 0.4) is 0 Å². The number of fused-ring (bicyclic) bond motifs is 1. The van der Waals surface area contributed by atoms with Gasteiger partial charge in [-0.05, 0) is 48.5 Å². The van der Waals surface area contributed by atoms with E-state index in [2.05, 4.69) is 10.4 Å². The molecule has 190 valence electrons. The summed E-state index contributed by atoms with van der Waals surface area (Å²) in [6, 6.07) is 13.5. The van der Waals surface area contributed by atoms with Crippen LogP contribution in [0.4, 0.5) is 5.69 Å². The number of amides is 1. The molecule has 0 saturated heterocycles. The first kappa shape index (κ1) is 23.9. The first-order valence-electron chi connectivity index (χ1n) is 11.2. The number of methoxy groups -OCH3 is 1. The lowest BCUT2D eigenvalue weighted by atomic mass is 10.1. The van der Waals surface area contributed by atoms with Crippen LogP contribution in [0.5, 0.6) is 11.5 Å². The lowest BCUT2D eigenvalue weighted by Gasteiger charge is -2.15. The number of aliphatic hydroxyl groups excluding tert-OH is 1. The van der Waals surface area contributed by atoms with Gasteiger partial charge >= 0.3 is 11.9 Å². The molecule has 12 nitrogen and oxygen atoms in total. The van der Waals surface area contributed by atoms with Gasteiger partial charge in [0.15, 0.2) is 17.2 Å². The molecule has 0 saturated carbocycles. The van der Waals surface area contributed by atoms with Gasteiger partial charge in [-0.3, -0.25) is 4.79 Å². The fraction of sp³-hybridized carbons (Fsp3) is 0.200.